The van der Waals surface area contributed by atoms with Crippen molar-refractivity contribution in [3.05, 3.63) is 36.0 Å². The second-order valence-electron chi connectivity index (χ2n) is 7.57. The normalized spacial score (nSPS) is 25.4. The summed E-state index contributed by atoms with van der Waals surface area (Å²) in [7, 11) is -4.09. The minimum atomic E-state index is -4.09. The Morgan fingerprint density at radius 2 is 1.94 bits per heavy atom. The maximum Gasteiger partial charge on any atom is 1.00 e. The van der Waals surface area contributed by atoms with Gasteiger partial charge < -0.3 is 19.5 Å². The van der Waals surface area contributed by atoms with E-state index in [1.165, 1.54) is 11.6 Å². The Balaban J connectivity index is 0.00000289. The first-order chi connectivity index (χ1) is 14.6. The number of fused-ring (bicyclic) bond motifs is 1. The molecule has 3 atom stereocenters. The monoisotopic (exact) mass is 470 g/mol. The number of carboxylic acids is 1. The molecule has 164 valence electrons. The van der Waals surface area contributed by atoms with Crippen LogP contribution in [0.3, 0.4) is 0 Å². The second-order valence-corrected chi connectivity index (χ2v) is 10.1. The number of benzene rings is 1. The Bertz CT molecular complexity index is 1180. The number of carbonyl (C=O) groups excluding carboxylic acids is 3. The Labute approximate surface area is 205 Å². The molecule has 0 spiro atoms. The zero-order chi connectivity index (χ0) is 22.6. The maximum absolute atomic E-state index is 13.2. The topological polar surface area (TPSA) is 152 Å². The van der Waals surface area contributed by atoms with Crippen molar-refractivity contribution >= 4 is 27.7 Å². The van der Waals surface area contributed by atoms with Crippen LogP contribution in [0.4, 0.5) is 0 Å². The summed E-state index contributed by atoms with van der Waals surface area (Å²) in [6.45, 7) is 2.51. The molecule has 0 radical (unpaired) electrons. The molecule has 13 heteroatoms. The van der Waals surface area contributed by atoms with Gasteiger partial charge in [-0.05, 0) is 13.8 Å². The number of nitrogens with zero attached hydrogens (tertiary/aromatic N) is 4. The Hall–Kier alpha value is -2.28. The summed E-state index contributed by atoms with van der Waals surface area (Å²) in [6.07, 6.45) is -0.279. The van der Waals surface area contributed by atoms with Crippen LogP contribution >= 0.6 is 0 Å². The van der Waals surface area contributed by atoms with Crippen LogP contribution in [0.5, 0.6) is 0 Å². The number of β-lactam (4-membered cyclic amide) rings is 1. The van der Waals surface area contributed by atoms with Gasteiger partial charge >= 0.3 is 35.5 Å². The third-order valence-electron chi connectivity index (χ3n) is 5.75. The molecule has 1 amide bonds. The molecule has 2 saturated heterocycles. The van der Waals surface area contributed by atoms with Crippen molar-refractivity contribution in [1.29, 1.82) is 0 Å². The third-order valence-corrected chi connectivity index (χ3v) is 8.51. The van der Waals surface area contributed by atoms with Gasteiger partial charge in [0.1, 0.15) is 15.8 Å². The van der Waals surface area contributed by atoms with Crippen molar-refractivity contribution < 1.29 is 62.2 Å². The predicted molar refractivity (Wildman–Crippen MR) is 103 cm³/mol. The fourth-order valence-electron chi connectivity index (χ4n) is 4.21. The van der Waals surface area contributed by atoms with Crippen LogP contribution in [0.1, 0.15) is 30.8 Å². The summed E-state index contributed by atoms with van der Waals surface area (Å²) >= 11 is 0. The van der Waals surface area contributed by atoms with E-state index in [0.29, 0.717) is 5.56 Å². The number of rotatable bonds is 6. The first kappa shape index (κ1) is 24.4. The zero-order valence-electron chi connectivity index (χ0n) is 17.7. The number of hydrogen-bond donors (Lipinski definition) is 0. The number of aliphatic carboxylic acids is 1. The number of carbonyl (C=O) groups is 3. The average molecular weight is 470 g/mol. The van der Waals surface area contributed by atoms with Crippen LogP contribution in [0.15, 0.2) is 30.3 Å². The number of aromatic nitrogens is 3. The van der Waals surface area contributed by atoms with Gasteiger partial charge in [0.25, 0.3) is 0 Å². The number of carboxylic acid groups (broad SMARTS) is 1. The molecule has 0 unspecified atom stereocenters. The molecule has 0 bridgehead atoms. The second kappa shape index (κ2) is 8.58. The van der Waals surface area contributed by atoms with Crippen LogP contribution < -0.4 is 34.7 Å². The van der Waals surface area contributed by atoms with Crippen LogP contribution in [0.25, 0.3) is 11.3 Å². The Kier molecular flexibility index (Phi) is 6.53. The predicted octanol–water partition coefficient (Wildman–Crippen LogP) is -4.01. The molecule has 1 aromatic heterocycles. The molecule has 2 aliphatic heterocycles. The largest absolute Gasteiger partial charge is 1.00 e. The van der Waals surface area contributed by atoms with Crippen molar-refractivity contribution in [3.63, 3.8) is 0 Å². The van der Waals surface area contributed by atoms with Crippen molar-refractivity contribution in [2.75, 3.05) is 6.61 Å². The van der Waals surface area contributed by atoms with E-state index in [-0.39, 0.29) is 54.0 Å². The van der Waals surface area contributed by atoms with Gasteiger partial charge in [0, 0.05) is 5.56 Å². The van der Waals surface area contributed by atoms with Crippen molar-refractivity contribution in [3.8, 4) is 11.3 Å². The van der Waals surface area contributed by atoms with Crippen LogP contribution in [0, 0.1) is 0 Å². The number of ether oxygens (including phenoxy) is 1. The summed E-state index contributed by atoms with van der Waals surface area (Å²) in [5, 5.41) is 18.5. The van der Waals surface area contributed by atoms with Gasteiger partial charge in [-0.2, -0.15) is 0 Å². The summed E-state index contributed by atoms with van der Waals surface area (Å²) in [5.41, 5.74) is 0.573. The molecule has 11 nitrogen and oxygen atoms in total. The van der Waals surface area contributed by atoms with Crippen molar-refractivity contribution in [2.45, 2.75) is 43.0 Å². The van der Waals surface area contributed by atoms with Gasteiger partial charge in [0.15, 0.2) is 15.5 Å². The summed E-state index contributed by atoms with van der Waals surface area (Å²) < 4.78 is 30.6. The van der Waals surface area contributed by atoms with Crippen LogP contribution in [0.2, 0.25) is 0 Å². The van der Waals surface area contributed by atoms with Crippen LogP contribution in [-0.2, 0) is 30.7 Å². The summed E-state index contributed by atoms with van der Waals surface area (Å²) in [4.78, 5) is 37.1. The van der Waals surface area contributed by atoms with E-state index in [9.17, 15) is 27.9 Å². The maximum atomic E-state index is 13.2. The average Bonchev–Trinajstić information content (AvgIpc) is 3.18. The number of sulfone groups is 1. The number of hydrogen-bond acceptors (Lipinski definition) is 9. The van der Waals surface area contributed by atoms with Gasteiger partial charge in [-0.1, -0.05) is 35.5 Å². The van der Waals surface area contributed by atoms with Gasteiger partial charge in [-0.25, -0.2) is 17.9 Å². The van der Waals surface area contributed by atoms with E-state index in [0.717, 1.165) is 4.90 Å². The number of esters is 1. The molecular formula is C19H19N4NaO7S. The molecule has 2 fully saturated rings. The molecule has 0 saturated carbocycles. The fraction of sp³-hybridized carbons (Fsp3) is 0.421. The van der Waals surface area contributed by atoms with E-state index >= 15 is 0 Å². The van der Waals surface area contributed by atoms with E-state index in [2.05, 4.69) is 10.3 Å². The van der Waals surface area contributed by atoms with Crippen molar-refractivity contribution in [2.24, 2.45) is 0 Å². The minimum Gasteiger partial charge on any atom is -0.548 e. The van der Waals surface area contributed by atoms with Crippen molar-refractivity contribution in [1.82, 2.24) is 19.9 Å². The first-order valence-corrected chi connectivity index (χ1v) is 11.1. The summed E-state index contributed by atoms with van der Waals surface area (Å²) in [5.74, 6) is -2.99. The molecule has 2 aliphatic rings. The van der Waals surface area contributed by atoms with Crippen LogP contribution in [-0.4, -0.2) is 68.9 Å². The van der Waals surface area contributed by atoms with E-state index < -0.39 is 50.4 Å². The van der Waals surface area contributed by atoms with Gasteiger partial charge in [-0.3, -0.25) is 4.79 Å². The summed E-state index contributed by atoms with van der Waals surface area (Å²) in [6, 6.07) is 6.84. The van der Waals surface area contributed by atoms with E-state index in [1.54, 1.807) is 37.3 Å². The smallest absolute Gasteiger partial charge is 0.548 e. The standard InChI is InChI=1S/C19H20N4O7S.Na/c1-3-30-18(27)14-15(11-7-5-4-6-8-11)22(21-20-14)10-19(2)16(17(25)26)23-12(24)9-13(23)31(19,28)29;/h4-8,13,16H,3,9-10H2,1-2H3,(H,25,26);/q;+1/p-1/t13-,16-,19-;/m0./s1. The molecule has 2 aromatic rings. The molecule has 0 aliphatic carbocycles. The van der Waals surface area contributed by atoms with Gasteiger partial charge in [0.2, 0.25) is 5.91 Å². The zero-order valence-corrected chi connectivity index (χ0v) is 20.5. The molecule has 1 aromatic carbocycles. The van der Waals surface area contributed by atoms with E-state index in [1.807, 2.05) is 0 Å². The molecule has 3 heterocycles. The van der Waals surface area contributed by atoms with Gasteiger partial charge in [-0.15, -0.1) is 5.10 Å². The molecule has 32 heavy (non-hydrogen) atoms. The Morgan fingerprint density at radius 3 is 2.50 bits per heavy atom. The quantitative estimate of drug-likeness (QED) is 0.234. The molecule has 0 N–H and O–H groups in total. The third kappa shape index (κ3) is 3.45. The molecular weight excluding hydrogens is 451 g/mol. The minimum absolute atomic E-state index is 0. The fourth-order valence-corrected chi connectivity index (χ4v) is 6.56. The first-order valence-electron chi connectivity index (χ1n) is 9.55. The SMILES string of the molecule is CCOC(=O)c1nnn(C[C@@]2(C)[C@H](C(=O)[O-])N3C(=O)C[C@@H]3S2(=O)=O)c1-c1ccccc1.[Na+]. The Morgan fingerprint density at radius 1 is 1.28 bits per heavy atom. The number of amides is 1. The van der Waals surface area contributed by atoms with Gasteiger partial charge in [0.05, 0.1) is 31.6 Å². The molecule has 4 rings (SSSR count). The van der Waals surface area contributed by atoms with E-state index in [4.69, 9.17) is 4.74 Å².